The van der Waals surface area contributed by atoms with Gasteiger partial charge in [0.1, 0.15) is 47.2 Å². The number of aliphatic hydroxyl groups is 1. The summed E-state index contributed by atoms with van der Waals surface area (Å²) in [5.74, 6) is -0.867. The average Bonchev–Trinajstić information content (AvgIpc) is 4.12. The fraction of sp³-hybridized carbons (Fsp3) is 0.377. The van der Waals surface area contributed by atoms with Crippen LogP contribution in [0.1, 0.15) is 55.3 Å². The van der Waals surface area contributed by atoms with E-state index in [4.69, 9.17) is 25.8 Å². The zero-order valence-corrected chi connectivity index (χ0v) is 42.8. The fourth-order valence-electron chi connectivity index (χ4n) is 9.62. The molecule has 5 N–H and O–H groups in total. The van der Waals surface area contributed by atoms with Crippen LogP contribution in [0.25, 0.3) is 43.2 Å². The number of thiazole rings is 1. The number of carbonyl (C=O) groups excluding carboxylic acids is 3. The van der Waals surface area contributed by atoms with Gasteiger partial charge in [-0.1, -0.05) is 67.0 Å². The second kappa shape index (κ2) is 22.0. The molecule has 0 bridgehead atoms. The maximum atomic E-state index is 17.0. The van der Waals surface area contributed by atoms with E-state index in [1.165, 1.54) is 22.3 Å². The Morgan fingerprint density at radius 3 is 2.59 bits per heavy atom. The van der Waals surface area contributed by atoms with Gasteiger partial charge in [0.15, 0.2) is 5.82 Å². The van der Waals surface area contributed by atoms with Crippen LogP contribution in [0.4, 0.5) is 16.2 Å². The monoisotopic (exact) mass is 1030 g/mol. The van der Waals surface area contributed by atoms with Gasteiger partial charge >= 0.3 is 0 Å². The number of ether oxygens (including phenoxy) is 1. The number of phenolic OH excluding ortho intramolecular Hbond substituents is 1. The Balaban J connectivity index is 0.870. The fourth-order valence-corrected chi connectivity index (χ4v) is 10.7. The zero-order valence-electron chi connectivity index (χ0n) is 41.2. The molecule has 73 heavy (non-hydrogen) atoms. The highest BCUT2D eigenvalue weighted by Crippen LogP contribution is 2.43. The predicted molar refractivity (Wildman–Crippen MR) is 280 cm³/mol. The molecule has 382 valence electrons. The molecule has 0 radical (unpaired) electrons. The van der Waals surface area contributed by atoms with Crippen LogP contribution in [-0.2, 0) is 20.9 Å². The summed E-state index contributed by atoms with van der Waals surface area (Å²) in [5, 5.41) is 36.8. The van der Waals surface area contributed by atoms with Gasteiger partial charge in [0, 0.05) is 88.3 Å². The lowest BCUT2D eigenvalue weighted by atomic mass is 9.91. The number of amides is 3. The summed E-state index contributed by atoms with van der Waals surface area (Å²) in [6.07, 6.45) is -0.727. The van der Waals surface area contributed by atoms with Crippen LogP contribution < -0.4 is 25.6 Å². The van der Waals surface area contributed by atoms with E-state index >= 15 is 4.39 Å². The number of benzene rings is 4. The Bertz CT molecular complexity index is 3180. The van der Waals surface area contributed by atoms with Crippen molar-refractivity contribution < 1.29 is 38.2 Å². The molecule has 3 atom stereocenters. The number of hydrogen-bond donors (Lipinski definition) is 5. The van der Waals surface area contributed by atoms with Crippen molar-refractivity contribution in [2.24, 2.45) is 5.92 Å². The number of nitrogens with one attached hydrogen (secondary N) is 3. The number of aliphatic hydroxyl groups excluding tert-OH is 1. The van der Waals surface area contributed by atoms with Crippen molar-refractivity contribution in [2.45, 2.75) is 65.1 Å². The van der Waals surface area contributed by atoms with E-state index in [1.807, 2.05) is 63.2 Å². The number of likely N-dealkylation sites (tertiary alicyclic amines) is 1. The van der Waals surface area contributed by atoms with Crippen molar-refractivity contribution in [3.63, 3.8) is 0 Å². The first kappa shape index (κ1) is 51.0. The number of hydrogen-bond acceptors (Lipinski definition) is 15. The summed E-state index contributed by atoms with van der Waals surface area (Å²) in [5.41, 5.74) is 5.40. The second-order valence-corrected chi connectivity index (χ2v) is 20.2. The Morgan fingerprint density at radius 2 is 1.85 bits per heavy atom. The van der Waals surface area contributed by atoms with Gasteiger partial charge in [0.2, 0.25) is 23.7 Å². The summed E-state index contributed by atoms with van der Waals surface area (Å²) < 4.78 is 28.8. The van der Waals surface area contributed by atoms with Crippen LogP contribution in [0.2, 0.25) is 5.02 Å². The number of carbonyl (C=O) groups is 3. The van der Waals surface area contributed by atoms with Crippen LogP contribution in [0.15, 0.2) is 76.8 Å². The normalized spacial score (nSPS) is 16.3. The lowest BCUT2D eigenvalue weighted by Crippen LogP contribution is -2.48. The number of aryl methyl sites for hydroxylation is 2. The molecule has 0 saturated carbocycles. The SMILES string of the molecule is Cc1cc(C(C(=O)N2C[C@H](O)C[C@H]2C(=O)NCc2ccc(-c3scnc3C)cc2OCCN(C)C(=O)CCNc2nc(N3CCNCC3)c3cc(Cl)c(-c4cc(O)cc5ccccc45)c(F)c3n2)C(C)C)on1. The molecule has 5 heterocycles. The zero-order chi connectivity index (χ0) is 51.5. The Hall–Kier alpha value is -6.93. The molecule has 7 aromatic rings. The van der Waals surface area contributed by atoms with Crippen LogP contribution in [0.3, 0.4) is 0 Å². The third-order valence-electron chi connectivity index (χ3n) is 13.4. The molecule has 2 fully saturated rings. The topological polar surface area (TPSA) is 211 Å². The number of nitrogens with zero attached hydrogens (tertiary/aromatic N) is 7. The third-order valence-corrected chi connectivity index (χ3v) is 14.7. The van der Waals surface area contributed by atoms with Crippen molar-refractivity contribution in [1.82, 2.24) is 40.5 Å². The van der Waals surface area contributed by atoms with Crippen molar-refractivity contribution in [3.8, 4) is 33.1 Å². The number of halogens is 2. The van der Waals surface area contributed by atoms with Gasteiger partial charge in [0.05, 0.1) is 39.4 Å². The van der Waals surface area contributed by atoms with E-state index < -0.39 is 29.8 Å². The maximum Gasteiger partial charge on any atom is 0.243 e. The number of β-amino-alcohol motifs (C(OH)–C–C–N with tert-alkyl or cyclic N) is 1. The summed E-state index contributed by atoms with van der Waals surface area (Å²) >= 11 is 8.38. The van der Waals surface area contributed by atoms with Crippen molar-refractivity contribution >= 4 is 74.1 Å². The Labute approximate surface area is 430 Å². The van der Waals surface area contributed by atoms with Crippen LogP contribution >= 0.6 is 22.9 Å². The second-order valence-electron chi connectivity index (χ2n) is 18.9. The third kappa shape index (κ3) is 11.0. The van der Waals surface area contributed by atoms with E-state index in [1.54, 1.807) is 42.6 Å². The average molecular weight is 1030 g/mol. The van der Waals surface area contributed by atoms with Gasteiger partial charge in [-0.2, -0.15) is 4.98 Å². The number of aromatic nitrogens is 4. The molecule has 2 aliphatic rings. The number of likely N-dealkylation sites (N-methyl/N-ethyl adjacent to an activating group) is 1. The minimum absolute atomic E-state index is 0.0127. The quantitative estimate of drug-likeness (QED) is 0.0600. The molecule has 3 aromatic heterocycles. The highest BCUT2D eigenvalue weighted by atomic mass is 35.5. The number of phenols is 1. The molecule has 3 amide bonds. The van der Waals surface area contributed by atoms with E-state index in [0.29, 0.717) is 71.1 Å². The molecule has 2 saturated heterocycles. The molecule has 20 heteroatoms. The number of aromatic hydroxyl groups is 1. The standard InChI is InChI=1S/C53H58ClFN10O7S/c1-29(2)45(43-20-30(3)62-72-43)52(70)65-27-36(67)24-41(65)51(69)58-26-34-11-10-33(49-31(4)59-28-73-49)22-42(34)71-19-18-63(5)44(68)12-13-57-53-60-48-39(50(61-53)64-16-14-56-15-17-64)25-40(54)46(47(48)55)38-23-35(66)21-32-8-6-7-9-37(32)38/h6-11,20-23,25,28-29,36,41,45,56,66-67H,12-19,24,26-27H2,1-5H3,(H,58,69)(H,57,60,61)/t36-,41+,45?/m1/s1. The Morgan fingerprint density at radius 1 is 1.05 bits per heavy atom. The molecule has 4 aromatic carbocycles. The first-order valence-electron chi connectivity index (χ1n) is 24.4. The molecule has 2 aliphatic heterocycles. The van der Waals surface area contributed by atoms with Gasteiger partial charge in [0.25, 0.3) is 0 Å². The molecule has 1 unspecified atom stereocenters. The number of anilines is 2. The molecule has 9 rings (SSSR count). The smallest absolute Gasteiger partial charge is 0.243 e. The minimum atomic E-state index is -0.905. The van der Waals surface area contributed by atoms with E-state index in [-0.39, 0.29) is 91.2 Å². The van der Waals surface area contributed by atoms with Gasteiger partial charge in [-0.3, -0.25) is 14.4 Å². The molecular weight excluding hydrogens is 975 g/mol. The Kier molecular flexibility index (Phi) is 15.4. The van der Waals surface area contributed by atoms with Crippen LogP contribution in [0.5, 0.6) is 11.5 Å². The largest absolute Gasteiger partial charge is 0.508 e. The molecule has 0 aliphatic carbocycles. The molecule has 17 nitrogen and oxygen atoms in total. The van der Waals surface area contributed by atoms with E-state index in [2.05, 4.69) is 36.0 Å². The first-order valence-corrected chi connectivity index (χ1v) is 25.6. The highest BCUT2D eigenvalue weighted by Gasteiger charge is 2.43. The number of piperazine rings is 1. The lowest BCUT2D eigenvalue weighted by molar-refractivity contribution is -0.141. The summed E-state index contributed by atoms with van der Waals surface area (Å²) in [4.78, 5) is 61.3. The summed E-state index contributed by atoms with van der Waals surface area (Å²) in [6.45, 7) is 10.7. The lowest BCUT2D eigenvalue weighted by Gasteiger charge is -2.29. The van der Waals surface area contributed by atoms with Crippen molar-refractivity contribution in [3.05, 3.63) is 106 Å². The van der Waals surface area contributed by atoms with E-state index in [0.717, 1.165) is 21.5 Å². The highest BCUT2D eigenvalue weighted by molar-refractivity contribution is 7.13. The van der Waals surface area contributed by atoms with Crippen LogP contribution in [-0.4, -0.2) is 129 Å². The van der Waals surface area contributed by atoms with Gasteiger partial charge in [-0.15, -0.1) is 11.3 Å². The maximum absolute atomic E-state index is 17.0. The number of fused-ring (bicyclic) bond motifs is 2. The number of rotatable bonds is 17. The van der Waals surface area contributed by atoms with Gasteiger partial charge in [-0.05, 0) is 65.9 Å². The summed E-state index contributed by atoms with van der Waals surface area (Å²) in [6, 6.07) is 18.7. The molecule has 0 spiro atoms. The summed E-state index contributed by atoms with van der Waals surface area (Å²) in [7, 11) is 1.68. The van der Waals surface area contributed by atoms with Gasteiger partial charge in [-0.25, -0.2) is 14.4 Å². The van der Waals surface area contributed by atoms with Crippen molar-refractivity contribution in [2.75, 3.05) is 69.7 Å². The predicted octanol–water partition coefficient (Wildman–Crippen LogP) is 7.44. The van der Waals surface area contributed by atoms with Crippen LogP contribution in [0, 0.1) is 25.6 Å². The van der Waals surface area contributed by atoms with Crippen molar-refractivity contribution in [1.29, 1.82) is 0 Å². The van der Waals surface area contributed by atoms with E-state index in [9.17, 15) is 24.6 Å². The van der Waals surface area contributed by atoms with Gasteiger partial charge < -0.3 is 50.1 Å². The minimum Gasteiger partial charge on any atom is -0.508 e. The molecular formula is C53H58ClFN10O7S. The first-order chi connectivity index (χ1) is 35.1.